The number of aromatic amines is 1. The Morgan fingerprint density at radius 3 is 2.45 bits per heavy atom. The highest BCUT2D eigenvalue weighted by Crippen LogP contribution is 2.38. The first-order valence-electron chi connectivity index (χ1n) is 16.6. The van der Waals surface area contributed by atoms with Gasteiger partial charge in [0.1, 0.15) is 29.2 Å². The maximum Gasteiger partial charge on any atom is 0.408 e. The summed E-state index contributed by atoms with van der Waals surface area (Å²) in [4.78, 5) is 58.6. The van der Waals surface area contributed by atoms with E-state index < -0.39 is 53.8 Å². The number of amides is 4. The average Bonchev–Trinajstić information content (AvgIpc) is 3.45. The van der Waals surface area contributed by atoms with E-state index in [4.69, 9.17) is 28.9 Å². The first kappa shape index (κ1) is 37.4. The van der Waals surface area contributed by atoms with Crippen LogP contribution in [0.15, 0.2) is 60.7 Å². The van der Waals surface area contributed by atoms with Gasteiger partial charge >= 0.3 is 6.09 Å². The lowest BCUT2D eigenvalue weighted by atomic mass is 9.78. The lowest BCUT2D eigenvalue weighted by Crippen LogP contribution is -2.66. The topological polar surface area (TPSA) is 178 Å². The fraction of sp³-hybridized carbons (Fsp3) is 0.351. The summed E-state index contributed by atoms with van der Waals surface area (Å²) in [5.74, 6) is -3.13. The summed E-state index contributed by atoms with van der Waals surface area (Å²) in [5.41, 5.74) is 6.89. The van der Waals surface area contributed by atoms with Crippen molar-refractivity contribution in [3.05, 3.63) is 98.9 Å². The molecule has 1 aliphatic rings. The zero-order chi connectivity index (χ0) is 37.0. The van der Waals surface area contributed by atoms with Gasteiger partial charge in [-0.25, -0.2) is 9.18 Å². The summed E-state index contributed by atoms with van der Waals surface area (Å²) in [7, 11) is 0. The smallest absolute Gasteiger partial charge is 0.408 e. The van der Waals surface area contributed by atoms with Gasteiger partial charge in [0.15, 0.2) is 0 Å². The Morgan fingerprint density at radius 2 is 1.80 bits per heavy atom. The molecule has 0 saturated heterocycles. The number of carbonyl (C=O) groups excluding carboxylic acids is 3. The number of benzene rings is 3. The van der Waals surface area contributed by atoms with Crippen LogP contribution in [0.2, 0.25) is 10.0 Å². The molecule has 7 N–H and O–H groups in total. The van der Waals surface area contributed by atoms with E-state index in [9.17, 15) is 33.8 Å². The molecule has 0 bridgehead atoms. The van der Waals surface area contributed by atoms with Crippen molar-refractivity contribution in [1.29, 1.82) is 0 Å². The third-order valence-electron chi connectivity index (χ3n) is 9.77. The number of rotatable bonds is 13. The van der Waals surface area contributed by atoms with Gasteiger partial charge in [0.05, 0.1) is 17.1 Å². The molecule has 51 heavy (non-hydrogen) atoms. The number of aromatic hydroxyl groups is 1. The summed E-state index contributed by atoms with van der Waals surface area (Å²) in [6.07, 6.45) is -0.470. The fourth-order valence-electron chi connectivity index (χ4n) is 6.67. The maximum atomic E-state index is 14.8. The second-order valence-electron chi connectivity index (χ2n) is 13.1. The van der Waals surface area contributed by atoms with Crippen LogP contribution in [0.5, 0.6) is 5.75 Å². The molecule has 0 spiro atoms. The predicted octanol–water partition coefficient (Wildman–Crippen LogP) is 5.86. The number of carboxylic acid groups (broad SMARTS) is 1. The lowest BCUT2D eigenvalue weighted by Gasteiger charge is -2.40. The Balaban J connectivity index is 1.57. The second-order valence-corrected chi connectivity index (χ2v) is 13.9. The highest BCUT2D eigenvalue weighted by atomic mass is 35.5. The second kappa shape index (κ2) is 15.6. The van der Waals surface area contributed by atoms with Crippen LogP contribution in [0.25, 0.3) is 10.9 Å². The van der Waals surface area contributed by atoms with Gasteiger partial charge in [-0.15, -0.1) is 0 Å². The van der Waals surface area contributed by atoms with E-state index in [1.54, 1.807) is 37.3 Å². The van der Waals surface area contributed by atoms with Crippen LogP contribution in [0.1, 0.15) is 55.5 Å². The van der Waals surface area contributed by atoms with Gasteiger partial charge in [-0.3, -0.25) is 19.3 Å². The molecule has 1 aliphatic carbocycles. The van der Waals surface area contributed by atoms with E-state index in [-0.39, 0.29) is 49.3 Å². The van der Waals surface area contributed by atoms with E-state index in [0.717, 1.165) is 10.6 Å². The number of carbonyl (C=O) groups is 4. The SMILES string of the molecule is CCC(C)[C@H](NC(=O)[C@@]1(NC(=O)[C@H](CCc2ccc(O)cc2)N(Cc2ccccc2F)C(=O)O)CCc2[nH]c3c(Cl)cc(Cl)cc3c2C1)C(N)=O. The molecule has 1 aromatic heterocycles. The first-order chi connectivity index (χ1) is 24.2. The number of nitrogens with one attached hydrogen (secondary N) is 3. The van der Waals surface area contributed by atoms with Crippen LogP contribution in [-0.2, 0) is 40.2 Å². The summed E-state index contributed by atoms with van der Waals surface area (Å²) in [6.45, 7) is 3.18. The van der Waals surface area contributed by atoms with Crippen LogP contribution in [0, 0.1) is 11.7 Å². The van der Waals surface area contributed by atoms with E-state index in [2.05, 4.69) is 15.6 Å². The summed E-state index contributed by atoms with van der Waals surface area (Å²) < 4.78 is 14.8. The number of halogens is 3. The number of H-pyrrole nitrogens is 1. The Labute approximate surface area is 304 Å². The van der Waals surface area contributed by atoms with Gasteiger partial charge in [-0.05, 0) is 73.1 Å². The molecule has 0 saturated carbocycles. The van der Waals surface area contributed by atoms with Crippen molar-refractivity contribution in [3.8, 4) is 5.75 Å². The van der Waals surface area contributed by atoms with Crippen molar-refractivity contribution in [2.45, 2.75) is 76.5 Å². The van der Waals surface area contributed by atoms with Crippen LogP contribution < -0.4 is 16.4 Å². The monoisotopic (exact) mass is 739 g/mol. The maximum absolute atomic E-state index is 14.8. The number of hydrogen-bond acceptors (Lipinski definition) is 5. The van der Waals surface area contributed by atoms with Gasteiger partial charge in [-0.2, -0.15) is 0 Å². The molecule has 4 amide bonds. The standard InChI is InChI=1S/C37H40Cl2FN5O6/c1-3-20(2)31(33(41)47)43-35(49)37(15-14-29-26(18-37)25-16-23(38)17-27(39)32(25)42-29)44-34(48)30(13-10-21-8-11-24(46)12-9-21)45(36(50)51)19-22-6-4-5-7-28(22)40/h4-9,11-12,16-17,20,30-31,42,46H,3,10,13-15,18-19H2,1-2H3,(H2,41,47)(H,43,49)(H,44,48)(H,50,51)/t20?,30-,31-,37+/m0/s1. The van der Waals surface area contributed by atoms with E-state index in [0.29, 0.717) is 38.5 Å². The molecule has 0 aliphatic heterocycles. The molecule has 14 heteroatoms. The third kappa shape index (κ3) is 8.23. The number of nitrogens with two attached hydrogens (primary N) is 1. The molecular weight excluding hydrogens is 700 g/mol. The Kier molecular flexibility index (Phi) is 11.5. The van der Waals surface area contributed by atoms with Crippen molar-refractivity contribution >= 4 is 57.9 Å². The van der Waals surface area contributed by atoms with Crippen molar-refractivity contribution in [1.82, 2.24) is 20.5 Å². The van der Waals surface area contributed by atoms with Gasteiger partial charge in [0.2, 0.25) is 17.7 Å². The summed E-state index contributed by atoms with van der Waals surface area (Å²) in [5, 5.41) is 27.3. The highest BCUT2D eigenvalue weighted by Gasteiger charge is 2.47. The van der Waals surface area contributed by atoms with Crippen LogP contribution in [0.3, 0.4) is 0 Å². The normalized spacial score (nSPS) is 17.2. The van der Waals surface area contributed by atoms with Gasteiger partial charge in [0, 0.05) is 28.1 Å². The molecule has 4 aromatic rings. The number of hydrogen-bond donors (Lipinski definition) is 6. The number of phenolic OH excluding ortho intramolecular Hbond substituents is 1. The molecule has 5 rings (SSSR count). The van der Waals surface area contributed by atoms with Crippen LogP contribution >= 0.6 is 23.2 Å². The Morgan fingerprint density at radius 1 is 1.10 bits per heavy atom. The molecule has 11 nitrogen and oxygen atoms in total. The minimum absolute atomic E-state index is 0.0379. The molecular formula is C37H40Cl2FN5O6. The summed E-state index contributed by atoms with van der Waals surface area (Å²) in [6, 6.07) is 12.8. The third-order valence-corrected chi connectivity index (χ3v) is 10.3. The van der Waals surface area contributed by atoms with Crippen molar-refractivity contribution in [3.63, 3.8) is 0 Å². The van der Waals surface area contributed by atoms with Gasteiger partial charge in [0.25, 0.3) is 0 Å². The van der Waals surface area contributed by atoms with Crippen LogP contribution in [-0.4, -0.2) is 61.5 Å². The molecule has 0 fully saturated rings. The van der Waals surface area contributed by atoms with Crippen molar-refractivity contribution in [2.24, 2.45) is 11.7 Å². The molecule has 270 valence electrons. The number of primary amides is 1. The Hall–Kier alpha value is -4.81. The van der Waals surface area contributed by atoms with E-state index in [1.165, 1.54) is 30.3 Å². The molecule has 1 heterocycles. The molecule has 1 unspecified atom stereocenters. The number of nitrogens with zero attached hydrogens (tertiary/aromatic N) is 1. The quantitative estimate of drug-likeness (QED) is 0.100. The average molecular weight is 741 g/mol. The number of aromatic nitrogens is 1. The number of aryl methyl sites for hydroxylation is 2. The first-order valence-corrected chi connectivity index (χ1v) is 17.4. The van der Waals surface area contributed by atoms with Crippen molar-refractivity contribution < 1.29 is 33.8 Å². The van der Waals surface area contributed by atoms with Crippen molar-refractivity contribution in [2.75, 3.05) is 0 Å². The lowest BCUT2D eigenvalue weighted by molar-refractivity contribution is -0.138. The zero-order valence-corrected chi connectivity index (χ0v) is 29.7. The van der Waals surface area contributed by atoms with Crippen LogP contribution in [0.4, 0.5) is 9.18 Å². The molecule has 0 radical (unpaired) electrons. The number of fused-ring (bicyclic) bond motifs is 3. The van der Waals surface area contributed by atoms with E-state index in [1.807, 2.05) is 6.92 Å². The number of phenols is 1. The Bertz CT molecular complexity index is 1950. The van der Waals surface area contributed by atoms with E-state index >= 15 is 0 Å². The fourth-order valence-corrected chi connectivity index (χ4v) is 7.21. The molecule has 4 atom stereocenters. The summed E-state index contributed by atoms with van der Waals surface area (Å²) >= 11 is 12.9. The van der Waals surface area contributed by atoms with Gasteiger partial charge in [-0.1, -0.05) is 73.8 Å². The van der Waals surface area contributed by atoms with Gasteiger partial charge < -0.3 is 31.6 Å². The highest BCUT2D eigenvalue weighted by molar-refractivity contribution is 6.38. The zero-order valence-electron chi connectivity index (χ0n) is 28.1. The predicted molar refractivity (Wildman–Crippen MR) is 192 cm³/mol. The molecule has 3 aromatic carbocycles. The minimum atomic E-state index is -1.67. The minimum Gasteiger partial charge on any atom is -0.508 e. The largest absolute Gasteiger partial charge is 0.508 e.